The molecule has 4 heterocycles. The minimum atomic E-state index is -1.05. The van der Waals surface area contributed by atoms with E-state index in [-0.39, 0.29) is 5.56 Å². The van der Waals surface area contributed by atoms with Gasteiger partial charge in [-0.2, -0.15) is 15.2 Å². The van der Waals surface area contributed by atoms with Crippen LogP contribution in [0.3, 0.4) is 0 Å². The summed E-state index contributed by atoms with van der Waals surface area (Å²) in [6.07, 6.45) is 7.93. The van der Waals surface area contributed by atoms with Crippen LogP contribution < -0.4 is 10.6 Å². The van der Waals surface area contributed by atoms with Crippen LogP contribution in [0, 0.1) is 0 Å². The van der Waals surface area contributed by atoms with Crippen LogP contribution in [-0.4, -0.2) is 45.6 Å². The zero-order chi connectivity index (χ0) is 19.0. The molecule has 0 aromatic carbocycles. The lowest BCUT2D eigenvalue weighted by Crippen LogP contribution is -2.00. The molecule has 136 valence electrons. The van der Waals surface area contributed by atoms with E-state index < -0.39 is 5.97 Å². The molecule has 4 aromatic rings. The second-order valence-corrected chi connectivity index (χ2v) is 5.82. The molecule has 0 saturated heterocycles. The maximum absolute atomic E-state index is 11.1. The Bertz CT molecular complexity index is 1150. The van der Waals surface area contributed by atoms with Gasteiger partial charge in [-0.25, -0.2) is 14.5 Å². The van der Waals surface area contributed by atoms with Gasteiger partial charge in [0.05, 0.1) is 34.7 Å². The zero-order valence-electron chi connectivity index (χ0n) is 14.5. The molecule has 0 aliphatic rings. The van der Waals surface area contributed by atoms with Gasteiger partial charge in [-0.1, -0.05) is 0 Å². The van der Waals surface area contributed by atoms with Crippen molar-refractivity contribution >= 4 is 40.1 Å². The lowest BCUT2D eigenvalue weighted by atomic mass is 10.2. The smallest absolute Gasteiger partial charge is 0.337 e. The fraction of sp³-hybridized carbons (Fsp3) is 0.125. The van der Waals surface area contributed by atoms with Crippen molar-refractivity contribution in [2.45, 2.75) is 0 Å². The largest absolute Gasteiger partial charge is 0.478 e. The maximum atomic E-state index is 11.1. The summed E-state index contributed by atoms with van der Waals surface area (Å²) >= 11 is 0. The molecular formula is C16H15N9O2. The van der Waals surface area contributed by atoms with Crippen LogP contribution in [0.25, 0.3) is 11.0 Å². The average molecular weight is 365 g/mol. The van der Waals surface area contributed by atoms with Gasteiger partial charge >= 0.3 is 5.97 Å². The number of aromatic nitrogens is 7. The van der Waals surface area contributed by atoms with E-state index in [4.69, 9.17) is 5.11 Å². The fourth-order valence-corrected chi connectivity index (χ4v) is 2.57. The first-order valence-electron chi connectivity index (χ1n) is 7.90. The number of nitrogens with zero attached hydrogens (tertiary/aromatic N) is 7. The molecule has 11 nitrogen and oxygen atoms in total. The quantitative estimate of drug-likeness (QED) is 0.482. The van der Waals surface area contributed by atoms with Gasteiger partial charge in [-0.3, -0.25) is 9.67 Å². The summed E-state index contributed by atoms with van der Waals surface area (Å²) in [4.78, 5) is 23.8. The number of rotatable bonds is 5. The molecule has 0 aliphatic heterocycles. The Morgan fingerprint density at radius 3 is 2.70 bits per heavy atom. The molecule has 0 atom stereocenters. The average Bonchev–Trinajstić information content (AvgIpc) is 3.18. The van der Waals surface area contributed by atoms with Gasteiger partial charge in [0.25, 0.3) is 0 Å². The van der Waals surface area contributed by atoms with Gasteiger partial charge in [0.1, 0.15) is 0 Å². The Morgan fingerprint density at radius 2 is 1.96 bits per heavy atom. The van der Waals surface area contributed by atoms with Crippen molar-refractivity contribution in [2.24, 2.45) is 14.1 Å². The van der Waals surface area contributed by atoms with E-state index in [0.717, 1.165) is 5.69 Å². The summed E-state index contributed by atoms with van der Waals surface area (Å²) < 4.78 is 3.29. The highest BCUT2D eigenvalue weighted by Gasteiger charge is 2.13. The molecule has 0 spiro atoms. The first kappa shape index (κ1) is 16.4. The van der Waals surface area contributed by atoms with E-state index >= 15 is 0 Å². The number of aryl methyl sites for hydroxylation is 2. The van der Waals surface area contributed by atoms with Crippen molar-refractivity contribution in [3.63, 3.8) is 0 Å². The van der Waals surface area contributed by atoms with Gasteiger partial charge in [-0.05, 0) is 6.07 Å². The molecule has 0 unspecified atom stereocenters. The normalized spacial score (nSPS) is 10.9. The number of fused-ring (bicyclic) bond motifs is 1. The topological polar surface area (TPSA) is 136 Å². The van der Waals surface area contributed by atoms with Gasteiger partial charge in [0.2, 0.25) is 5.95 Å². The van der Waals surface area contributed by atoms with Crippen LogP contribution in [0.15, 0.2) is 37.1 Å². The number of aromatic carboxylic acids is 1. The second-order valence-electron chi connectivity index (χ2n) is 5.82. The number of pyridine rings is 1. The Labute approximate surface area is 152 Å². The highest BCUT2D eigenvalue weighted by molar-refractivity contribution is 5.91. The number of hydrogen-bond donors (Lipinski definition) is 3. The third-order valence-electron chi connectivity index (χ3n) is 3.79. The number of anilines is 4. The number of nitrogens with one attached hydrogen (secondary N) is 2. The molecule has 0 radical (unpaired) electrons. The van der Waals surface area contributed by atoms with Gasteiger partial charge in [-0.15, -0.1) is 0 Å². The van der Waals surface area contributed by atoms with Gasteiger partial charge < -0.3 is 15.7 Å². The van der Waals surface area contributed by atoms with Crippen LogP contribution >= 0.6 is 0 Å². The molecule has 0 aliphatic carbocycles. The van der Waals surface area contributed by atoms with Crippen molar-refractivity contribution in [3.8, 4) is 0 Å². The summed E-state index contributed by atoms with van der Waals surface area (Å²) in [5.74, 6) is -0.129. The number of carboxylic acid groups (broad SMARTS) is 1. The van der Waals surface area contributed by atoms with Crippen LogP contribution in [0.5, 0.6) is 0 Å². The van der Waals surface area contributed by atoms with Crippen molar-refractivity contribution in [2.75, 3.05) is 10.6 Å². The summed E-state index contributed by atoms with van der Waals surface area (Å²) in [6.45, 7) is 0. The third kappa shape index (κ3) is 3.25. The molecule has 0 saturated carbocycles. The molecule has 0 amide bonds. The van der Waals surface area contributed by atoms with E-state index in [1.54, 1.807) is 28.8 Å². The van der Waals surface area contributed by atoms with E-state index in [0.29, 0.717) is 28.5 Å². The standard InChI is InChI=1S/C16H15N9O2/c1-24-8-11(6-19-24)21-16-18-7-12-13(23-25(2)14(12)22-16)20-10-3-9(15(26)27)4-17-5-10/h3-8H,1-2H3,(H,20,23)(H,26,27)(H,18,21,22). The molecule has 4 aromatic heterocycles. The number of hydrogen-bond acceptors (Lipinski definition) is 8. The lowest BCUT2D eigenvalue weighted by Gasteiger charge is -2.04. The first-order valence-corrected chi connectivity index (χ1v) is 7.90. The van der Waals surface area contributed by atoms with E-state index in [2.05, 4.69) is 35.8 Å². The highest BCUT2D eigenvalue weighted by Crippen LogP contribution is 2.25. The first-order chi connectivity index (χ1) is 13.0. The summed E-state index contributed by atoms with van der Waals surface area (Å²) in [5, 5.41) is 24.4. The maximum Gasteiger partial charge on any atom is 0.337 e. The van der Waals surface area contributed by atoms with Crippen LogP contribution in [0.4, 0.5) is 23.1 Å². The Kier molecular flexibility index (Phi) is 3.88. The monoisotopic (exact) mass is 365 g/mol. The summed E-state index contributed by atoms with van der Waals surface area (Å²) in [6, 6.07) is 1.48. The molecule has 4 rings (SSSR count). The predicted molar refractivity (Wildman–Crippen MR) is 97.3 cm³/mol. The van der Waals surface area contributed by atoms with E-state index in [9.17, 15) is 4.79 Å². The van der Waals surface area contributed by atoms with Crippen molar-refractivity contribution in [1.29, 1.82) is 0 Å². The van der Waals surface area contributed by atoms with Crippen LogP contribution in [0.1, 0.15) is 10.4 Å². The molecule has 0 bridgehead atoms. The lowest BCUT2D eigenvalue weighted by molar-refractivity contribution is 0.0696. The molecule has 3 N–H and O–H groups in total. The Morgan fingerprint density at radius 1 is 1.11 bits per heavy atom. The predicted octanol–water partition coefficient (Wildman–Crippen LogP) is 1.68. The third-order valence-corrected chi connectivity index (χ3v) is 3.79. The van der Waals surface area contributed by atoms with Gasteiger partial charge in [0, 0.05) is 32.7 Å². The summed E-state index contributed by atoms with van der Waals surface area (Å²) in [5.41, 5.74) is 1.97. The molecular weight excluding hydrogens is 350 g/mol. The van der Waals surface area contributed by atoms with E-state index in [1.165, 1.54) is 18.5 Å². The number of carboxylic acids is 1. The van der Waals surface area contributed by atoms with Crippen LogP contribution in [0.2, 0.25) is 0 Å². The Balaban J connectivity index is 1.65. The highest BCUT2D eigenvalue weighted by atomic mass is 16.4. The zero-order valence-corrected chi connectivity index (χ0v) is 14.5. The van der Waals surface area contributed by atoms with Crippen molar-refractivity contribution < 1.29 is 9.90 Å². The summed E-state index contributed by atoms with van der Waals surface area (Å²) in [7, 11) is 3.59. The fourth-order valence-electron chi connectivity index (χ4n) is 2.57. The van der Waals surface area contributed by atoms with Gasteiger partial charge in [0.15, 0.2) is 11.5 Å². The molecule has 0 fully saturated rings. The second kappa shape index (κ2) is 6.37. The van der Waals surface area contributed by atoms with Crippen molar-refractivity contribution in [1.82, 2.24) is 34.5 Å². The van der Waals surface area contributed by atoms with Crippen molar-refractivity contribution in [3.05, 3.63) is 42.6 Å². The number of carbonyl (C=O) groups is 1. The molecule has 11 heteroatoms. The minimum Gasteiger partial charge on any atom is -0.478 e. The SMILES string of the molecule is Cn1cc(Nc2ncc3c(Nc4cncc(C(=O)O)c4)nn(C)c3n2)cn1. The molecule has 27 heavy (non-hydrogen) atoms. The Hall–Kier alpha value is -4.02. The van der Waals surface area contributed by atoms with E-state index in [1.807, 2.05) is 13.2 Å². The van der Waals surface area contributed by atoms with Crippen LogP contribution in [-0.2, 0) is 14.1 Å². The minimum absolute atomic E-state index is 0.0828.